The number of hydrogen-bond donors (Lipinski definition) is 2. The number of aliphatic hydroxyl groups excluding tert-OH is 1. The molecule has 0 amide bonds. The molecule has 0 unspecified atom stereocenters. The molecule has 0 spiro atoms. The van der Waals surface area contributed by atoms with Crippen molar-refractivity contribution in [3.8, 4) is 28.3 Å². The van der Waals surface area contributed by atoms with E-state index >= 15 is 0 Å². The number of aromatic nitrogens is 4. The molecule has 1 aromatic carbocycles. The molecule has 7 nitrogen and oxygen atoms in total. The van der Waals surface area contributed by atoms with Gasteiger partial charge in [0.15, 0.2) is 0 Å². The van der Waals surface area contributed by atoms with Crippen LogP contribution in [-0.2, 0) is 18.3 Å². The van der Waals surface area contributed by atoms with Gasteiger partial charge in [-0.2, -0.15) is 5.10 Å². The number of aryl methyl sites for hydroxylation is 1. The molecule has 1 saturated heterocycles. The van der Waals surface area contributed by atoms with E-state index in [0.717, 1.165) is 77.5 Å². The van der Waals surface area contributed by atoms with E-state index in [1.165, 1.54) is 24.0 Å². The molecule has 0 bridgehead atoms. The Kier molecular flexibility index (Phi) is 4.73. The van der Waals surface area contributed by atoms with Crippen LogP contribution < -0.4 is 4.74 Å². The maximum Gasteiger partial charge on any atom is 0.147 e. The Bertz CT molecular complexity index is 1430. The van der Waals surface area contributed by atoms with Crippen molar-refractivity contribution < 1.29 is 9.84 Å². The van der Waals surface area contributed by atoms with Crippen LogP contribution in [0.3, 0.4) is 0 Å². The minimum Gasteiger partial charge on any atom is -0.494 e. The standard InChI is InChI=1S/C28H29N5O2/c1-35-23-12-22-27(30-26(23)21-7-3-5-17-4-2-6-20(17)21)25(32-31-22)18-8-9-24(29-14-18)28-13-19(28)15-33(16-28)10-11-34/h3,5,7-9,12,14,19,34H,2,4,6,10-11,13,15-16H2,1H3,(H,31,32)/t19-,28-/m0/s1. The van der Waals surface area contributed by atoms with Crippen molar-refractivity contribution in [1.29, 1.82) is 0 Å². The van der Waals surface area contributed by atoms with Crippen molar-refractivity contribution in [2.24, 2.45) is 5.92 Å². The van der Waals surface area contributed by atoms with E-state index in [-0.39, 0.29) is 12.0 Å². The van der Waals surface area contributed by atoms with Crippen LogP contribution in [0.2, 0.25) is 0 Å². The summed E-state index contributed by atoms with van der Waals surface area (Å²) in [7, 11) is 1.70. The van der Waals surface area contributed by atoms with Gasteiger partial charge in [-0.1, -0.05) is 18.2 Å². The van der Waals surface area contributed by atoms with Crippen molar-refractivity contribution in [1.82, 2.24) is 25.1 Å². The summed E-state index contributed by atoms with van der Waals surface area (Å²) in [6.45, 7) is 3.01. The Morgan fingerprint density at radius 2 is 2.14 bits per heavy atom. The van der Waals surface area contributed by atoms with Crippen molar-refractivity contribution >= 4 is 11.0 Å². The molecule has 7 heteroatoms. The Morgan fingerprint density at radius 1 is 1.20 bits per heavy atom. The lowest BCUT2D eigenvalue weighted by molar-refractivity contribution is 0.207. The smallest absolute Gasteiger partial charge is 0.147 e. The summed E-state index contributed by atoms with van der Waals surface area (Å²) in [4.78, 5) is 12.4. The van der Waals surface area contributed by atoms with Gasteiger partial charge in [0, 0.05) is 54.1 Å². The highest BCUT2D eigenvalue weighted by Crippen LogP contribution is 2.58. The van der Waals surface area contributed by atoms with Crippen LogP contribution in [-0.4, -0.2) is 63.5 Å². The number of ether oxygens (including phenoxy) is 1. The summed E-state index contributed by atoms with van der Waals surface area (Å²) in [5.41, 5.74) is 9.62. The zero-order valence-corrected chi connectivity index (χ0v) is 19.9. The molecule has 35 heavy (non-hydrogen) atoms. The minimum atomic E-state index is 0.161. The number of β-amino-alcohol motifs (C(OH)–C–C–N with tert-alkyl or cyclic N) is 1. The van der Waals surface area contributed by atoms with Crippen LogP contribution in [0.1, 0.15) is 29.7 Å². The predicted octanol–water partition coefficient (Wildman–Crippen LogP) is 3.75. The third kappa shape index (κ3) is 3.22. The molecule has 178 valence electrons. The van der Waals surface area contributed by atoms with Gasteiger partial charge in [0.2, 0.25) is 0 Å². The van der Waals surface area contributed by atoms with Gasteiger partial charge in [0.25, 0.3) is 0 Å². The van der Waals surface area contributed by atoms with Gasteiger partial charge in [0.05, 0.1) is 19.2 Å². The number of piperidine rings is 1. The third-order valence-electron chi connectivity index (χ3n) is 8.30. The highest BCUT2D eigenvalue weighted by atomic mass is 16.5. The summed E-state index contributed by atoms with van der Waals surface area (Å²) in [5, 5.41) is 17.1. The van der Waals surface area contributed by atoms with E-state index in [2.05, 4.69) is 45.4 Å². The molecular weight excluding hydrogens is 438 g/mol. The molecule has 3 aromatic heterocycles. The topological polar surface area (TPSA) is 87.2 Å². The molecular formula is C28H29N5O2. The van der Waals surface area contributed by atoms with E-state index in [1.807, 2.05) is 12.3 Å². The fraction of sp³-hybridized carbons (Fsp3) is 0.393. The maximum absolute atomic E-state index is 9.30. The molecule has 4 aromatic rings. The number of nitrogens with zero attached hydrogens (tertiary/aromatic N) is 4. The maximum atomic E-state index is 9.30. The van der Waals surface area contributed by atoms with Gasteiger partial charge in [0.1, 0.15) is 22.7 Å². The normalized spacial score (nSPS) is 23.0. The molecule has 2 fully saturated rings. The SMILES string of the molecule is COc1cc2[nH]nc(-c3ccc([C@]45C[C@H]4CN(CCO)C5)nc3)c2nc1-c1cccc2c1CCC2. The van der Waals surface area contributed by atoms with Crippen LogP contribution in [0.4, 0.5) is 0 Å². The molecule has 2 atom stereocenters. The lowest BCUT2D eigenvalue weighted by Crippen LogP contribution is -2.29. The zero-order chi connectivity index (χ0) is 23.6. The number of methoxy groups -OCH3 is 1. The van der Waals surface area contributed by atoms with E-state index in [0.29, 0.717) is 5.92 Å². The van der Waals surface area contributed by atoms with Crippen LogP contribution in [0, 0.1) is 5.92 Å². The number of fused-ring (bicyclic) bond motifs is 3. The second-order valence-corrected chi connectivity index (χ2v) is 10.3. The second kappa shape index (κ2) is 7.86. The predicted molar refractivity (Wildman–Crippen MR) is 134 cm³/mol. The highest BCUT2D eigenvalue weighted by molar-refractivity contribution is 5.93. The third-order valence-corrected chi connectivity index (χ3v) is 8.30. The zero-order valence-electron chi connectivity index (χ0n) is 19.9. The first-order valence-electron chi connectivity index (χ1n) is 12.5. The van der Waals surface area contributed by atoms with E-state index in [4.69, 9.17) is 14.7 Å². The summed E-state index contributed by atoms with van der Waals surface area (Å²) in [5.74, 6) is 1.41. The molecule has 2 aliphatic carbocycles. The molecule has 2 N–H and O–H groups in total. The Labute approximate surface area is 204 Å². The van der Waals surface area contributed by atoms with E-state index in [1.54, 1.807) is 7.11 Å². The van der Waals surface area contributed by atoms with Crippen molar-refractivity contribution in [3.63, 3.8) is 0 Å². The quantitative estimate of drug-likeness (QED) is 0.449. The van der Waals surface area contributed by atoms with Crippen molar-refractivity contribution in [2.75, 3.05) is 33.4 Å². The first kappa shape index (κ1) is 21.0. The van der Waals surface area contributed by atoms with Crippen molar-refractivity contribution in [2.45, 2.75) is 31.1 Å². The summed E-state index contributed by atoms with van der Waals surface area (Å²) >= 11 is 0. The number of hydrogen-bond acceptors (Lipinski definition) is 6. The van der Waals surface area contributed by atoms with Gasteiger partial charge < -0.3 is 9.84 Å². The lowest BCUT2D eigenvalue weighted by Gasteiger charge is -2.19. The Morgan fingerprint density at radius 3 is 2.97 bits per heavy atom. The van der Waals surface area contributed by atoms with Crippen LogP contribution >= 0.6 is 0 Å². The summed E-state index contributed by atoms with van der Waals surface area (Å²) in [6.07, 6.45) is 6.53. The van der Waals surface area contributed by atoms with Crippen molar-refractivity contribution in [3.05, 3.63) is 59.4 Å². The van der Waals surface area contributed by atoms with Gasteiger partial charge in [-0.3, -0.25) is 15.0 Å². The largest absolute Gasteiger partial charge is 0.494 e. The molecule has 7 rings (SSSR count). The second-order valence-electron chi connectivity index (χ2n) is 10.3. The van der Waals surface area contributed by atoms with Gasteiger partial charge in [-0.05, 0) is 54.9 Å². The number of H-pyrrole nitrogens is 1. The van der Waals surface area contributed by atoms with E-state index in [9.17, 15) is 5.11 Å². The number of aliphatic hydroxyl groups is 1. The first-order valence-corrected chi connectivity index (χ1v) is 12.5. The van der Waals surface area contributed by atoms with Gasteiger partial charge in [-0.15, -0.1) is 0 Å². The van der Waals surface area contributed by atoms with Crippen LogP contribution in [0.25, 0.3) is 33.5 Å². The number of nitrogens with one attached hydrogen (secondary N) is 1. The fourth-order valence-corrected chi connectivity index (χ4v) is 6.45. The Hall–Kier alpha value is -3.29. The number of aromatic amines is 1. The average Bonchev–Trinajstić information content (AvgIpc) is 3.26. The lowest BCUT2D eigenvalue weighted by atomic mass is 9.99. The molecule has 4 heterocycles. The molecule has 1 saturated carbocycles. The molecule has 1 aliphatic heterocycles. The number of pyridine rings is 2. The highest BCUT2D eigenvalue weighted by Gasteiger charge is 2.61. The average molecular weight is 468 g/mol. The van der Waals surface area contributed by atoms with Crippen LogP contribution in [0.15, 0.2) is 42.6 Å². The first-order chi connectivity index (χ1) is 17.2. The minimum absolute atomic E-state index is 0.161. The number of rotatable bonds is 6. The fourth-order valence-electron chi connectivity index (χ4n) is 6.45. The summed E-state index contributed by atoms with van der Waals surface area (Å²) in [6, 6.07) is 12.8. The van der Waals surface area contributed by atoms with E-state index < -0.39 is 0 Å². The number of benzene rings is 1. The van der Waals surface area contributed by atoms with Crippen LogP contribution in [0.5, 0.6) is 5.75 Å². The Balaban J connectivity index is 1.26. The molecule has 3 aliphatic rings. The molecule has 0 radical (unpaired) electrons. The van der Waals surface area contributed by atoms with Gasteiger partial charge >= 0.3 is 0 Å². The van der Waals surface area contributed by atoms with Gasteiger partial charge in [-0.25, -0.2) is 4.98 Å². The number of likely N-dealkylation sites (tertiary alicyclic amines) is 1. The monoisotopic (exact) mass is 467 g/mol. The summed E-state index contributed by atoms with van der Waals surface area (Å²) < 4.78 is 5.75.